The molecule has 166 valence electrons. The molecule has 5 rings (SSSR count). The van der Waals surface area contributed by atoms with E-state index in [-0.39, 0.29) is 35.4 Å². The molecular weight excluding hydrogens is 388 g/mol. The number of carbonyl (C=O) groups excluding carboxylic acids is 3. The fourth-order valence-corrected chi connectivity index (χ4v) is 8.26. The summed E-state index contributed by atoms with van der Waals surface area (Å²) >= 11 is 0. The third-order valence-corrected chi connectivity index (χ3v) is 9.25. The van der Waals surface area contributed by atoms with Crippen LogP contribution in [0, 0.1) is 39.9 Å². The second-order valence-electron chi connectivity index (χ2n) is 11.1. The third-order valence-electron chi connectivity index (χ3n) is 9.25. The van der Waals surface area contributed by atoms with Gasteiger partial charge in [0, 0.05) is 29.6 Å². The Morgan fingerprint density at radius 1 is 1.20 bits per heavy atom. The van der Waals surface area contributed by atoms with Crippen molar-refractivity contribution in [3.8, 4) is 0 Å². The van der Waals surface area contributed by atoms with E-state index in [1.807, 2.05) is 0 Å². The van der Waals surface area contributed by atoms with Crippen molar-refractivity contribution < 1.29 is 34.1 Å². The van der Waals surface area contributed by atoms with Crippen LogP contribution in [0.1, 0.15) is 59.3 Å². The lowest BCUT2D eigenvalue weighted by Gasteiger charge is -2.62. The van der Waals surface area contributed by atoms with Crippen molar-refractivity contribution in [2.24, 2.45) is 39.9 Å². The van der Waals surface area contributed by atoms with Crippen LogP contribution in [-0.4, -0.2) is 52.9 Å². The van der Waals surface area contributed by atoms with Crippen molar-refractivity contribution in [3.05, 3.63) is 0 Å². The molecule has 0 aromatic carbocycles. The molecule has 0 radical (unpaired) electrons. The molecule has 5 fully saturated rings. The van der Waals surface area contributed by atoms with Crippen molar-refractivity contribution in [3.63, 3.8) is 0 Å². The van der Waals surface area contributed by atoms with Crippen LogP contribution in [0.15, 0.2) is 0 Å². The number of aliphatic hydroxyl groups excluding tert-OH is 2. The van der Waals surface area contributed by atoms with E-state index in [1.54, 1.807) is 0 Å². The molecule has 0 amide bonds. The van der Waals surface area contributed by atoms with E-state index in [0.717, 1.165) is 6.42 Å². The number of esters is 1. The van der Waals surface area contributed by atoms with Gasteiger partial charge in [0.2, 0.25) is 0 Å². The first-order chi connectivity index (χ1) is 14.1. The highest BCUT2D eigenvalue weighted by atomic mass is 16.6. The fraction of sp³-hybridized carbons (Fsp3) is 0.870. The third kappa shape index (κ3) is 2.34. The number of ether oxygens (including phenoxy) is 2. The van der Waals surface area contributed by atoms with Crippen LogP contribution in [0.3, 0.4) is 0 Å². The molecule has 3 saturated carbocycles. The summed E-state index contributed by atoms with van der Waals surface area (Å²) in [5.74, 6) is -2.14. The van der Waals surface area contributed by atoms with E-state index in [0.29, 0.717) is 32.1 Å². The van der Waals surface area contributed by atoms with Gasteiger partial charge < -0.3 is 24.5 Å². The van der Waals surface area contributed by atoms with Gasteiger partial charge in [-0.05, 0) is 50.4 Å². The number of carbonyl (C=O) groups is 3. The number of rotatable bonds is 3. The first kappa shape index (κ1) is 20.6. The number of fused-ring (bicyclic) bond motifs is 1. The summed E-state index contributed by atoms with van der Waals surface area (Å²) < 4.78 is 11.8. The summed E-state index contributed by atoms with van der Waals surface area (Å²) in [6.07, 6.45) is 0.607. The van der Waals surface area contributed by atoms with Crippen LogP contribution in [-0.2, 0) is 23.9 Å². The van der Waals surface area contributed by atoms with Gasteiger partial charge in [-0.15, -0.1) is 0 Å². The molecule has 5 aliphatic rings. The molecule has 2 saturated heterocycles. The average molecular weight is 421 g/mol. The molecule has 7 nitrogen and oxygen atoms in total. The Kier molecular flexibility index (Phi) is 4.36. The van der Waals surface area contributed by atoms with Crippen LogP contribution >= 0.6 is 0 Å². The molecule has 3 aliphatic carbocycles. The minimum atomic E-state index is -1.39. The van der Waals surface area contributed by atoms with Gasteiger partial charge in [-0.1, -0.05) is 13.8 Å². The van der Waals surface area contributed by atoms with Gasteiger partial charge in [-0.25, -0.2) is 0 Å². The van der Waals surface area contributed by atoms with Gasteiger partial charge in [0.05, 0.1) is 12.7 Å². The van der Waals surface area contributed by atoms with Crippen LogP contribution in [0.2, 0.25) is 0 Å². The Morgan fingerprint density at radius 2 is 1.93 bits per heavy atom. The molecule has 0 aromatic rings. The molecular formula is C23H32O7. The predicted octanol–water partition coefficient (Wildman–Crippen LogP) is 1.62. The molecule has 2 heterocycles. The zero-order chi connectivity index (χ0) is 21.6. The fourth-order valence-electron chi connectivity index (χ4n) is 8.26. The van der Waals surface area contributed by atoms with Crippen molar-refractivity contribution in [1.29, 1.82) is 0 Å². The summed E-state index contributed by atoms with van der Waals surface area (Å²) in [5, 5.41) is 22.2. The molecule has 0 unspecified atom stereocenters. The van der Waals surface area contributed by atoms with Crippen molar-refractivity contribution >= 4 is 17.5 Å². The molecule has 2 aliphatic heterocycles. The van der Waals surface area contributed by atoms with E-state index in [9.17, 15) is 24.6 Å². The SMILES string of the molecule is CC(=O)CC[C@H]1C(=O)[C@]23C[C@H]1C[C@H](O)[C@H]2[C@@]12CO[C@@H](O)[C@@H]1C(C)(C)CC[C@@H]2OC3=O. The number of Topliss-reactive ketones (excluding diaryl/α,β-unsaturated/α-hetero) is 2. The second-order valence-corrected chi connectivity index (χ2v) is 11.1. The van der Waals surface area contributed by atoms with Gasteiger partial charge in [0.15, 0.2) is 12.1 Å². The van der Waals surface area contributed by atoms with Crippen LogP contribution in [0.4, 0.5) is 0 Å². The molecule has 2 bridgehead atoms. The summed E-state index contributed by atoms with van der Waals surface area (Å²) in [4.78, 5) is 38.8. The van der Waals surface area contributed by atoms with Gasteiger partial charge >= 0.3 is 5.97 Å². The van der Waals surface area contributed by atoms with E-state index in [4.69, 9.17) is 9.47 Å². The smallest absolute Gasteiger partial charge is 0.320 e. The number of hydrogen-bond acceptors (Lipinski definition) is 7. The molecule has 9 atom stereocenters. The Bertz CT molecular complexity index is 805. The maximum absolute atomic E-state index is 13.8. The number of ketones is 2. The number of hydrogen-bond donors (Lipinski definition) is 2. The average Bonchev–Trinajstić information content (AvgIpc) is 3.11. The molecule has 0 aromatic heterocycles. The Hall–Kier alpha value is -1.31. The van der Waals surface area contributed by atoms with E-state index in [1.165, 1.54) is 6.92 Å². The Labute approximate surface area is 176 Å². The molecule has 2 spiro atoms. The highest BCUT2D eigenvalue weighted by molar-refractivity contribution is 6.08. The van der Waals surface area contributed by atoms with Gasteiger partial charge in [-0.2, -0.15) is 0 Å². The van der Waals surface area contributed by atoms with Crippen molar-refractivity contribution in [1.82, 2.24) is 0 Å². The first-order valence-electron chi connectivity index (χ1n) is 11.3. The molecule has 7 heteroatoms. The lowest BCUT2D eigenvalue weighted by atomic mass is 9.43. The van der Waals surface area contributed by atoms with Crippen LogP contribution < -0.4 is 0 Å². The zero-order valence-electron chi connectivity index (χ0n) is 17.9. The van der Waals surface area contributed by atoms with Crippen molar-refractivity contribution in [2.45, 2.75) is 77.8 Å². The maximum atomic E-state index is 13.8. The Balaban J connectivity index is 1.63. The van der Waals surface area contributed by atoms with Gasteiger partial charge in [-0.3, -0.25) is 9.59 Å². The maximum Gasteiger partial charge on any atom is 0.320 e. The predicted molar refractivity (Wildman–Crippen MR) is 104 cm³/mol. The number of aliphatic hydroxyl groups is 2. The Morgan fingerprint density at radius 3 is 2.63 bits per heavy atom. The standard InChI is InChI=1S/C23H32O7/c1-11(24)4-5-13-12-8-14(25)16-22(9-12,18(13)26)20(28)30-15-6-7-21(2,3)17-19(27)29-10-23(15,16)17/h12-17,19,25,27H,4-10H2,1-3H3/t12-,13-,14+,15+,16-,17-,19-,22+,23+/m1/s1. The summed E-state index contributed by atoms with van der Waals surface area (Å²) in [6, 6.07) is 0. The lowest BCUT2D eigenvalue weighted by molar-refractivity contribution is -0.251. The molecule has 2 N–H and O–H groups in total. The first-order valence-corrected chi connectivity index (χ1v) is 11.3. The summed E-state index contributed by atoms with van der Waals surface area (Å²) in [5.41, 5.74) is -2.44. The topological polar surface area (TPSA) is 110 Å². The van der Waals surface area contributed by atoms with E-state index in [2.05, 4.69) is 13.8 Å². The van der Waals surface area contributed by atoms with Crippen molar-refractivity contribution in [2.75, 3.05) is 6.61 Å². The normalized spacial score (nSPS) is 51.0. The van der Waals surface area contributed by atoms with Gasteiger partial charge in [0.25, 0.3) is 0 Å². The monoisotopic (exact) mass is 420 g/mol. The summed E-state index contributed by atoms with van der Waals surface area (Å²) in [6.45, 7) is 5.85. The van der Waals surface area contributed by atoms with E-state index >= 15 is 0 Å². The zero-order valence-corrected chi connectivity index (χ0v) is 17.9. The minimum Gasteiger partial charge on any atom is -0.461 e. The quantitative estimate of drug-likeness (QED) is 0.527. The summed E-state index contributed by atoms with van der Waals surface area (Å²) in [7, 11) is 0. The van der Waals surface area contributed by atoms with Crippen LogP contribution in [0.5, 0.6) is 0 Å². The highest BCUT2D eigenvalue weighted by Gasteiger charge is 2.79. The van der Waals surface area contributed by atoms with Crippen LogP contribution in [0.25, 0.3) is 0 Å². The largest absolute Gasteiger partial charge is 0.461 e. The second kappa shape index (κ2) is 6.36. The molecule has 30 heavy (non-hydrogen) atoms. The van der Waals surface area contributed by atoms with Gasteiger partial charge in [0.1, 0.15) is 17.3 Å². The lowest BCUT2D eigenvalue weighted by Crippen LogP contribution is -2.70. The highest BCUT2D eigenvalue weighted by Crippen LogP contribution is 2.71. The van der Waals surface area contributed by atoms with E-state index < -0.39 is 47.1 Å². The minimum absolute atomic E-state index is 0.0186.